The summed E-state index contributed by atoms with van der Waals surface area (Å²) < 4.78 is 5.87. The highest BCUT2D eigenvalue weighted by Gasteiger charge is 2.43. The molecule has 4 aromatic rings. The van der Waals surface area contributed by atoms with Gasteiger partial charge in [-0.2, -0.15) is 0 Å². The summed E-state index contributed by atoms with van der Waals surface area (Å²) in [4.78, 5) is 46.2. The lowest BCUT2D eigenvalue weighted by Crippen LogP contribution is -2.48. The number of amides is 2. The van der Waals surface area contributed by atoms with E-state index in [9.17, 15) is 14.7 Å². The lowest BCUT2D eigenvalue weighted by Gasteiger charge is -2.47. The number of ether oxygens (including phenoxy) is 1. The largest absolute Gasteiger partial charge is 0.465 e. The van der Waals surface area contributed by atoms with Crippen LogP contribution in [0, 0.1) is 19.3 Å². The second-order valence-corrected chi connectivity index (χ2v) is 12.3. The van der Waals surface area contributed by atoms with Crippen LogP contribution in [0.1, 0.15) is 71.3 Å². The fourth-order valence-electron chi connectivity index (χ4n) is 6.42. The number of benzene rings is 1. The van der Waals surface area contributed by atoms with Gasteiger partial charge in [-0.15, -0.1) is 0 Å². The molecule has 2 N–H and O–H groups in total. The summed E-state index contributed by atoms with van der Waals surface area (Å²) in [6, 6.07) is 5.57. The number of aromatic amines is 1. The monoisotopic (exact) mass is 568 g/mol. The standard InChI is InChI=1S/C32H36N6O4/c1-18-13-35-29-24(18)12-22(14-36-29)21-10-20-6-7-38(30(39)23-15-33-19(2)34-16-23)28(32(3,4)5)27(20)25(11-21)26-17-42-9-8-37(26)31(40)41/h10-16,26,28H,6-9,17H2,1-5H3,(H,35,36)(H,40,41). The van der Waals surface area contributed by atoms with Crippen LogP contribution < -0.4 is 0 Å². The van der Waals surface area contributed by atoms with E-state index in [-0.39, 0.29) is 30.5 Å². The number of nitrogens with zero attached hydrogens (tertiary/aromatic N) is 5. The van der Waals surface area contributed by atoms with Gasteiger partial charge in [0, 0.05) is 48.8 Å². The molecule has 10 nitrogen and oxygen atoms in total. The Hall–Kier alpha value is -4.31. The lowest BCUT2D eigenvalue weighted by atomic mass is 9.73. The van der Waals surface area contributed by atoms with Crippen molar-refractivity contribution in [3.63, 3.8) is 0 Å². The minimum absolute atomic E-state index is 0.136. The minimum atomic E-state index is -0.985. The molecule has 5 heterocycles. The van der Waals surface area contributed by atoms with Gasteiger partial charge in [0.05, 0.1) is 30.9 Å². The van der Waals surface area contributed by atoms with E-state index >= 15 is 0 Å². The highest BCUT2D eigenvalue weighted by Crippen LogP contribution is 2.48. The van der Waals surface area contributed by atoms with Crippen molar-refractivity contribution in [3.05, 3.63) is 76.6 Å². The SMILES string of the molecule is Cc1ncc(C(=O)N2CCc3cc(-c4cnc5[nH]cc(C)c5c4)cc(C4COCCN4C(=O)O)c3C2C(C)(C)C)cn1. The van der Waals surface area contributed by atoms with Crippen LogP contribution in [0.25, 0.3) is 22.2 Å². The Morgan fingerprint density at radius 1 is 1.00 bits per heavy atom. The first-order valence-electron chi connectivity index (χ1n) is 14.3. The quantitative estimate of drug-likeness (QED) is 0.336. The number of carbonyl (C=O) groups is 2. The maximum Gasteiger partial charge on any atom is 0.407 e. The van der Waals surface area contributed by atoms with Crippen LogP contribution in [0.15, 0.2) is 43.0 Å². The van der Waals surface area contributed by atoms with Crippen LogP contribution in [0.2, 0.25) is 0 Å². The minimum Gasteiger partial charge on any atom is -0.465 e. The van der Waals surface area contributed by atoms with E-state index in [1.807, 2.05) is 24.2 Å². The fraction of sp³-hybridized carbons (Fsp3) is 0.406. The Labute approximate surface area is 244 Å². The topological polar surface area (TPSA) is 125 Å². The van der Waals surface area contributed by atoms with Gasteiger partial charge >= 0.3 is 6.09 Å². The molecule has 0 aliphatic carbocycles. The van der Waals surface area contributed by atoms with Crippen molar-refractivity contribution < 1.29 is 19.4 Å². The van der Waals surface area contributed by atoms with Gasteiger partial charge in [-0.1, -0.05) is 26.8 Å². The van der Waals surface area contributed by atoms with Crippen LogP contribution in [0.3, 0.4) is 0 Å². The van der Waals surface area contributed by atoms with Gasteiger partial charge in [0.15, 0.2) is 0 Å². The van der Waals surface area contributed by atoms with Crippen molar-refractivity contribution in [2.24, 2.45) is 5.41 Å². The normalized spacial score (nSPS) is 19.2. The van der Waals surface area contributed by atoms with Crippen molar-refractivity contribution in [3.8, 4) is 11.1 Å². The maximum absolute atomic E-state index is 14.0. The van der Waals surface area contributed by atoms with E-state index in [1.165, 1.54) is 4.90 Å². The van der Waals surface area contributed by atoms with Crippen LogP contribution in [0.4, 0.5) is 4.79 Å². The molecule has 2 aliphatic rings. The molecule has 218 valence electrons. The highest BCUT2D eigenvalue weighted by atomic mass is 16.5. The Morgan fingerprint density at radius 3 is 2.48 bits per heavy atom. The van der Waals surface area contributed by atoms with Gasteiger partial charge in [-0.05, 0) is 65.6 Å². The summed E-state index contributed by atoms with van der Waals surface area (Å²) in [6.45, 7) is 11.6. The third-order valence-electron chi connectivity index (χ3n) is 8.42. The molecule has 10 heteroatoms. The smallest absolute Gasteiger partial charge is 0.407 e. The van der Waals surface area contributed by atoms with Gasteiger partial charge in [-0.3, -0.25) is 9.69 Å². The number of fused-ring (bicyclic) bond motifs is 2. The highest BCUT2D eigenvalue weighted by molar-refractivity contribution is 5.94. The number of carbonyl (C=O) groups excluding carboxylic acids is 1. The Balaban J connectivity index is 1.55. The summed E-state index contributed by atoms with van der Waals surface area (Å²) >= 11 is 0. The third-order valence-corrected chi connectivity index (χ3v) is 8.42. The summed E-state index contributed by atoms with van der Waals surface area (Å²) in [5, 5.41) is 11.2. The van der Waals surface area contributed by atoms with Crippen LogP contribution in [0.5, 0.6) is 0 Å². The molecule has 0 bridgehead atoms. The Bertz CT molecular complexity index is 1670. The maximum atomic E-state index is 14.0. The molecule has 0 saturated carbocycles. The van der Waals surface area contributed by atoms with E-state index in [4.69, 9.17) is 4.74 Å². The van der Waals surface area contributed by atoms with E-state index in [2.05, 4.69) is 58.9 Å². The molecule has 42 heavy (non-hydrogen) atoms. The van der Waals surface area contributed by atoms with E-state index in [0.29, 0.717) is 31.0 Å². The van der Waals surface area contributed by atoms with E-state index in [0.717, 1.165) is 44.4 Å². The second kappa shape index (κ2) is 10.5. The molecule has 0 radical (unpaired) electrons. The van der Waals surface area contributed by atoms with Crippen molar-refractivity contribution >= 4 is 23.0 Å². The number of carboxylic acid groups (broad SMARTS) is 1. The van der Waals surface area contributed by atoms with E-state index in [1.54, 1.807) is 19.3 Å². The number of pyridine rings is 1. The van der Waals surface area contributed by atoms with Crippen molar-refractivity contribution in [2.45, 2.75) is 53.1 Å². The van der Waals surface area contributed by atoms with Gasteiger partial charge in [-0.25, -0.2) is 19.7 Å². The zero-order chi connectivity index (χ0) is 29.8. The van der Waals surface area contributed by atoms with Gasteiger partial charge in [0.25, 0.3) is 5.91 Å². The molecule has 2 amide bonds. The van der Waals surface area contributed by atoms with Crippen LogP contribution >= 0.6 is 0 Å². The van der Waals surface area contributed by atoms with Crippen molar-refractivity contribution in [2.75, 3.05) is 26.3 Å². The van der Waals surface area contributed by atoms with Gasteiger partial charge in [0.2, 0.25) is 0 Å². The summed E-state index contributed by atoms with van der Waals surface area (Å²) in [5.41, 5.74) is 6.90. The summed E-state index contributed by atoms with van der Waals surface area (Å²) in [6.07, 6.45) is 6.60. The summed E-state index contributed by atoms with van der Waals surface area (Å²) in [7, 11) is 0. The molecule has 2 aliphatic heterocycles. The molecule has 3 aromatic heterocycles. The number of nitrogens with one attached hydrogen (secondary N) is 1. The fourth-order valence-corrected chi connectivity index (χ4v) is 6.42. The average Bonchev–Trinajstić information content (AvgIpc) is 3.35. The number of morpholine rings is 1. The number of aromatic nitrogens is 4. The molecule has 2 unspecified atom stereocenters. The first-order valence-corrected chi connectivity index (χ1v) is 14.3. The predicted octanol–water partition coefficient (Wildman–Crippen LogP) is 5.47. The predicted molar refractivity (Wildman–Crippen MR) is 158 cm³/mol. The first kappa shape index (κ1) is 27.8. The second-order valence-electron chi connectivity index (χ2n) is 12.3. The molecule has 0 spiro atoms. The number of hydrogen-bond acceptors (Lipinski definition) is 6. The lowest BCUT2D eigenvalue weighted by molar-refractivity contribution is -0.00256. The number of aryl methyl sites for hydroxylation is 2. The molecule has 1 fully saturated rings. The molecule has 1 saturated heterocycles. The third kappa shape index (κ3) is 4.89. The van der Waals surface area contributed by atoms with E-state index < -0.39 is 12.1 Å². The number of hydrogen-bond donors (Lipinski definition) is 2. The van der Waals surface area contributed by atoms with Crippen molar-refractivity contribution in [1.82, 2.24) is 29.7 Å². The zero-order valence-electron chi connectivity index (χ0n) is 24.6. The molecule has 2 atom stereocenters. The number of H-pyrrole nitrogens is 1. The Kier molecular flexibility index (Phi) is 6.97. The van der Waals surface area contributed by atoms with Gasteiger partial charge < -0.3 is 19.7 Å². The molecular formula is C32H36N6O4. The van der Waals surface area contributed by atoms with Crippen molar-refractivity contribution in [1.29, 1.82) is 0 Å². The van der Waals surface area contributed by atoms with Crippen LogP contribution in [-0.4, -0.2) is 73.1 Å². The molecule has 1 aromatic carbocycles. The zero-order valence-corrected chi connectivity index (χ0v) is 24.6. The summed E-state index contributed by atoms with van der Waals surface area (Å²) in [5.74, 6) is 0.467. The molecule has 6 rings (SSSR count). The average molecular weight is 569 g/mol. The Morgan fingerprint density at radius 2 is 1.76 bits per heavy atom. The van der Waals surface area contributed by atoms with Gasteiger partial charge in [0.1, 0.15) is 11.5 Å². The molecular weight excluding hydrogens is 532 g/mol. The van der Waals surface area contributed by atoms with Crippen LogP contribution in [-0.2, 0) is 11.2 Å². The number of rotatable bonds is 3. The first-order chi connectivity index (χ1) is 20.0.